The molecular formula is C21H24ClN3O7. The molecule has 11 heteroatoms. The van der Waals surface area contributed by atoms with E-state index in [1.54, 1.807) is 6.20 Å². The van der Waals surface area contributed by atoms with E-state index < -0.39 is 30.5 Å². The van der Waals surface area contributed by atoms with Gasteiger partial charge in [0.25, 0.3) is 0 Å². The summed E-state index contributed by atoms with van der Waals surface area (Å²) >= 11 is 6.32. The largest absolute Gasteiger partial charge is 0.486 e. The van der Waals surface area contributed by atoms with Gasteiger partial charge < -0.3 is 29.8 Å². The van der Waals surface area contributed by atoms with Crippen LogP contribution in [0.4, 0.5) is 0 Å². The Morgan fingerprint density at radius 2 is 2.06 bits per heavy atom. The molecule has 0 amide bonds. The monoisotopic (exact) mass is 465 g/mol. The molecule has 0 unspecified atom stereocenters. The van der Waals surface area contributed by atoms with Crippen molar-refractivity contribution in [2.45, 2.75) is 32.0 Å². The molecule has 0 aliphatic heterocycles. The van der Waals surface area contributed by atoms with Gasteiger partial charge in [0.1, 0.15) is 19.0 Å². The molecule has 0 aliphatic carbocycles. The lowest BCUT2D eigenvalue weighted by molar-refractivity contribution is -0.146. The Hall–Kier alpha value is -2.92. The number of nitrogens with zero attached hydrogens (tertiary/aromatic N) is 2. The van der Waals surface area contributed by atoms with Crippen LogP contribution in [-0.2, 0) is 22.7 Å². The van der Waals surface area contributed by atoms with Gasteiger partial charge in [0.2, 0.25) is 0 Å². The van der Waals surface area contributed by atoms with Crippen molar-refractivity contribution < 1.29 is 28.9 Å². The molecule has 3 rings (SSSR count). The number of aliphatic hydroxyl groups is 2. The van der Waals surface area contributed by atoms with Crippen molar-refractivity contribution in [1.82, 2.24) is 9.55 Å². The highest BCUT2D eigenvalue weighted by molar-refractivity contribution is 6.32. The lowest BCUT2D eigenvalue weighted by Crippen LogP contribution is -2.51. The average Bonchev–Trinajstić information content (AvgIpc) is 3.09. The molecule has 0 aliphatic rings. The second-order valence-electron chi connectivity index (χ2n) is 7.47. The molecule has 32 heavy (non-hydrogen) atoms. The topological polar surface area (TPSA) is 150 Å². The average molecular weight is 466 g/mol. The molecule has 2 aromatic heterocycles. The molecule has 0 spiro atoms. The van der Waals surface area contributed by atoms with E-state index in [-0.39, 0.29) is 36.8 Å². The molecule has 1 aromatic carbocycles. The number of carbonyl (C=O) groups excluding carboxylic acids is 1. The van der Waals surface area contributed by atoms with Crippen molar-refractivity contribution in [3.05, 3.63) is 57.3 Å². The summed E-state index contributed by atoms with van der Waals surface area (Å²) in [5, 5.41) is 18.5. The SMILES string of the molecule is Cc1ccc(COc2cc3oc(=O)n(CCC(=O)OCC(N)(CO)CO)c3cc2Cl)nc1. The minimum atomic E-state index is -1.42. The van der Waals surface area contributed by atoms with Gasteiger partial charge in [0.15, 0.2) is 5.58 Å². The number of esters is 1. The maximum absolute atomic E-state index is 12.3. The van der Waals surface area contributed by atoms with Gasteiger partial charge in [-0.05, 0) is 24.6 Å². The van der Waals surface area contributed by atoms with E-state index in [0.29, 0.717) is 17.0 Å². The Kier molecular flexibility index (Phi) is 7.52. The van der Waals surface area contributed by atoms with Crippen LogP contribution in [-0.4, -0.2) is 51.1 Å². The first-order valence-corrected chi connectivity index (χ1v) is 10.2. The Bertz CT molecular complexity index is 1140. The van der Waals surface area contributed by atoms with Crippen molar-refractivity contribution in [2.75, 3.05) is 19.8 Å². The summed E-state index contributed by atoms with van der Waals surface area (Å²) in [6.45, 7) is 0.639. The highest BCUT2D eigenvalue weighted by atomic mass is 35.5. The number of halogens is 1. The Labute approximate surface area is 188 Å². The van der Waals surface area contributed by atoms with E-state index >= 15 is 0 Å². The molecule has 0 atom stereocenters. The number of pyridine rings is 1. The van der Waals surface area contributed by atoms with E-state index in [1.165, 1.54) is 16.7 Å². The van der Waals surface area contributed by atoms with Crippen LogP contribution in [0.1, 0.15) is 17.7 Å². The minimum absolute atomic E-state index is 0.0235. The molecule has 0 bridgehead atoms. The standard InChI is InChI=1S/C21H24ClN3O7/c1-13-2-3-14(24-8-13)9-30-17-7-18-16(6-15(17)22)25(20(29)32-18)5-4-19(28)31-12-21(23,10-26)11-27/h2-3,6-8,26-27H,4-5,9-12,23H2,1H3. The first kappa shape index (κ1) is 23.7. The summed E-state index contributed by atoms with van der Waals surface area (Å²) in [4.78, 5) is 28.5. The van der Waals surface area contributed by atoms with E-state index in [1.807, 2.05) is 19.1 Å². The lowest BCUT2D eigenvalue weighted by atomic mass is 10.1. The van der Waals surface area contributed by atoms with Gasteiger partial charge in [-0.2, -0.15) is 0 Å². The predicted molar refractivity (Wildman–Crippen MR) is 115 cm³/mol. The molecule has 0 fully saturated rings. The number of hydrogen-bond acceptors (Lipinski definition) is 9. The lowest BCUT2D eigenvalue weighted by Gasteiger charge is -2.23. The number of benzene rings is 1. The molecule has 0 radical (unpaired) electrons. The molecule has 2 heterocycles. The maximum Gasteiger partial charge on any atom is 0.419 e. The molecule has 4 N–H and O–H groups in total. The highest BCUT2D eigenvalue weighted by Gasteiger charge is 2.25. The zero-order chi connectivity index (χ0) is 23.3. The number of oxazole rings is 1. The second kappa shape index (κ2) is 10.1. The molecular weight excluding hydrogens is 442 g/mol. The van der Waals surface area contributed by atoms with Crippen LogP contribution in [0.2, 0.25) is 5.02 Å². The van der Waals surface area contributed by atoms with Crippen molar-refractivity contribution in [1.29, 1.82) is 0 Å². The summed E-state index contributed by atoms with van der Waals surface area (Å²) in [5.41, 5.74) is 6.63. The first-order chi connectivity index (χ1) is 15.2. The molecule has 3 aromatic rings. The van der Waals surface area contributed by atoms with Gasteiger partial charge in [-0.15, -0.1) is 0 Å². The Morgan fingerprint density at radius 3 is 2.72 bits per heavy atom. The minimum Gasteiger partial charge on any atom is -0.486 e. The number of nitrogens with two attached hydrogens (primary N) is 1. The number of aliphatic hydroxyl groups excluding tert-OH is 2. The van der Waals surface area contributed by atoms with E-state index in [4.69, 9.17) is 41.4 Å². The normalized spacial score (nSPS) is 11.7. The van der Waals surface area contributed by atoms with Gasteiger partial charge in [-0.3, -0.25) is 14.3 Å². The van der Waals surface area contributed by atoms with Crippen LogP contribution >= 0.6 is 11.6 Å². The number of aryl methyl sites for hydroxylation is 2. The zero-order valence-electron chi connectivity index (χ0n) is 17.4. The number of carbonyl (C=O) groups is 1. The summed E-state index contributed by atoms with van der Waals surface area (Å²) < 4.78 is 17.2. The first-order valence-electron chi connectivity index (χ1n) is 9.78. The van der Waals surface area contributed by atoms with E-state index in [2.05, 4.69) is 4.98 Å². The number of aromatic nitrogens is 2. The molecule has 10 nitrogen and oxygen atoms in total. The Morgan fingerprint density at radius 1 is 1.31 bits per heavy atom. The van der Waals surface area contributed by atoms with Crippen LogP contribution in [0, 0.1) is 6.92 Å². The summed E-state index contributed by atoms with van der Waals surface area (Å²) in [7, 11) is 0. The number of fused-ring (bicyclic) bond motifs is 1. The van der Waals surface area contributed by atoms with E-state index in [0.717, 1.165) is 5.56 Å². The molecule has 172 valence electrons. The van der Waals surface area contributed by atoms with Crippen LogP contribution in [0.25, 0.3) is 11.1 Å². The van der Waals surface area contributed by atoms with Crippen LogP contribution < -0.4 is 16.2 Å². The van der Waals surface area contributed by atoms with Crippen LogP contribution in [0.5, 0.6) is 5.75 Å². The number of ether oxygens (including phenoxy) is 2. The summed E-state index contributed by atoms with van der Waals surface area (Å²) in [6, 6.07) is 6.79. The molecule has 0 saturated carbocycles. The second-order valence-corrected chi connectivity index (χ2v) is 7.88. The van der Waals surface area contributed by atoms with Crippen molar-refractivity contribution in [2.24, 2.45) is 5.73 Å². The number of hydrogen-bond donors (Lipinski definition) is 3. The highest BCUT2D eigenvalue weighted by Crippen LogP contribution is 2.30. The van der Waals surface area contributed by atoms with Gasteiger partial charge in [-0.1, -0.05) is 17.7 Å². The third-order valence-electron chi connectivity index (χ3n) is 4.76. The molecule has 0 saturated heterocycles. The van der Waals surface area contributed by atoms with Gasteiger partial charge in [0, 0.05) is 18.8 Å². The fraction of sp³-hybridized carbons (Fsp3) is 0.381. The van der Waals surface area contributed by atoms with Crippen LogP contribution in [0.3, 0.4) is 0 Å². The van der Waals surface area contributed by atoms with Gasteiger partial charge >= 0.3 is 11.7 Å². The van der Waals surface area contributed by atoms with Gasteiger partial charge in [-0.25, -0.2) is 4.79 Å². The van der Waals surface area contributed by atoms with Gasteiger partial charge in [0.05, 0.1) is 41.4 Å². The third-order valence-corrected chi connectivity index (χ3v) is 5.06. The fourth-order valence-corrected chi connectivity index (χ4v) is 2.98. The van der Waals surface area contributed by atoms with E-state index in [9.17, 15) is 9.59 Å². The quantitative estimate of drug-likeness (QED) is 0.374. The number of rotatable bonds is 10. The summed E-state index contributed by atoms with van der Waals surface area (Å²) in [6.07, 6.45) is 1.57. The van der Waals surface area contributed by atoms with Crippen molar-refractivity contribution >= 4 is 28.7 Å². The van der Waals surface area contributed by atoms with Crippen molar-refractivity contribution in [3.63, 3.8) is 0 Å². The Balaban J connectivity index is 1.67. The summed E-state index contributed by atoms with van der Waals surface area (Å²) in [5.74, 6) is -0.992. The third kappa shape index (κ3) is 5.65. The van der Waals surface area contributed by atoms with Crippen molar-refractivity contribution in [3.8, 4) is 5.75 Å². The predicted octanol–water partition coefficient (Wildman–Crippen LogP) is 1.15. The smallest absolute Gasteiger partial charge is 0.419 e. The van der Waals surface area contributed by atoms with Crippen LogP contribution in [0.15, 0.2) is 39.7 Å². The maximum atomic E-state index is 12.3. The fourth-order valence-electron chi connectivity index (χ4n) is 2.76. The zero-order valence-corrected chi connectivity index (χ0v) is 18.2.